The summed E-state index contributed by atoms with van der Waals surface area (Å²) in [5, 5.41) is 0.900. The van der Waals surface area contributed by atoms with Gasteiger partial charge in [0, 0.05) is 27.2 Å². The van der Waals surface area contributed by atoms with Gasteiger partial charge in [0.05, 0.1) is 5.52 Å². The molecule has 3 rings (SSSR count). The van der Waals surface area contributed by atoms with E-state index in [-0.39, 0.29) is 11.6 Å². The van der Waals surface area contributed by atoms with Crippen molar-refractivity contribution in [1.29, 1.82) is 0 Å². The lowest BCUT2D eigenvalue weighted by atomic mass is 10.0. The summed E-state index contributed by atoms with van der Waals surface area (Å²) in [6.45, 7) is 0. The highest BCUT2D eigenvalue weighted by atomic mass is 79.9. The molecule has 0 N–H and O–H groups in total. The Balaban J connectivity index is 2.18. The minimum Gasteiger partial charge on any atom is -0.288 e. The van der Waals surface area contributed by atoms with Gasteiger partial charge in [-0.25, -0.2) is 4.39 Å². The molecule has 20 heavy (non-hydrogen) atoms. The van der Waals surface area contributed by atoms with Gasteiger partial charge in [0.25, 0.3) is 0 Å². The molecular formula is C16H9BrFNO. The van der Waals surface area contributed by atoms with Crippen LogP contribution in [0.3, 0.4) is 0 Å². The second-order valence-corrected chi connectivity index (χ2v) is 5.19. The van der Waals surface area contributed by atoms with Gasteiger partial charge in [-0.1, -0.05) is 18.2 Å². The van der Waals surface area contributed by atoms with Crippen molar-refractivity contribution in [2.75, 3.05) is 0 Å². The fourth-order valence-corrected chi connectivity index (χ4v) is 2.64. The Bertz CT molecular complexity index is 811. The first-order valence-corrected chi connectivity index (χ1v) is 6.79. The molecular weight excluding hydrogens is 321 g/mol. The van der Waals surface area contributed by atoms with E-state index in [0.717, 1.165) is 5.39 Å². The van der Waals surface area contributed by atoms with Gasteiger partial charge in [0.2, 0.25) is 0 Å². The minimum atomic E-state index is -0.385. The number of carbonyl (C=O) groups excluding carboxylic acids is 1. The van der Waals surface area contributed by atoms with Gasteiger partial charge in [-0.05, 0) is 46.3 Å². The quantitative estimate of drug-likeness (QED) is 0.653. The molecule has 98 valence electrons. The van der Waals surface area contributed by atoms with Gasteiger partial charge >= 0.3 is 0 Å². The maximum absolute atomic E-state index is 13.1. The molecule has 0 bridgehead atoms. The number of pyridine rings is 1. The number of fused-ring (bicyclic) bond motifs is 1. The number of aromatic nitrogens is 1. The van der Waals surface area contributed by atoms with Crippen molar-refractivity contribution in [1.82, 2.24) is 4.98 Å². The number of para-hydroxylation sites is 1. The third-order valence-electron chi connectivity index (χ3n) is 3.05. The molecule has 0 atom stereocenters. The Morgan fingerprint density at radius 1 is 1.05 bits per heavy atom. The molecule has 0 saturated carbocycles. The van der Waals surface area contributed by atoms with Gasteiger partial charge in [-0.3, -0.25) is 9.78 Å². The van der Waals surface area contributed by atoms with E-state index in [9.17, 15) is 9.18 Å². The molecule has 0 saturated heterocycles. The number of carbonyl (C=O) groups is 1. The van der Waals surface area contributed by atoms with Crippen LogP contribution in [0.1, 0.15) is 15.9 Å². The van der Waals surface area contributed by atoms with E-state index in [0.29, 0.717) is 21.1 Å². The summed E-state index contributed by atoms with van der Waals surface area (Å²) in [5.41, 5.74) is 1.58. The predicted octanol–water partition coefficient (Wildman–Crippen LogP) is 4.37. The molecule has 0 fully saturated rings. The smallest absolute Gasteiger partial charge is 0.196 e. The molecule has 0 unspecified atom stereocenters. The zero-order valence-electron chi connectivity index (χ0n) is 10.3. The lowest BCUT2D eigenvalue weighted by Gasteiger charge is -2.06. The lowest BCUT2D eigenvalue weighted by Crippen LogP contribution is -2.04. The number of halogens is 2. The maximum Gasteiger partial charge on any atom is 0.196 e. The van der Waals surface area contributed by atoms with Crippen LogP contribution in [0.4, 0.5) is 4.39 Å². The molecule has 1 aromatic heterocycles. The van der Waals surface area contributed by atoms with E-state index in [4.69, 9.17) is 0 Å². The summed E-state index contributed by atoms with van der Waals surface area (Å²) in [6.07, 6.45) is 1.65. The van der Waals surface area contributed by atoms with Gasteiger partial charge < -0.3 is 0 Å². The van der Waals surface area contributed by atoms with Crippen LogP contribution < -0.4 is 0 Å². The van der Waals surface area contributed by atoms with Crippen molar-refractivity contribution < 1.29 is 9.18 Å². The second-order valence-electron chi connectivity index (χ2n) is 4.33. The SMILES string of the molecule is O=C(c1ccc(F)cc1Br)c1cccc2cccnc12. The third kappa shape index (κ3) is 2.23. The molecule has 2 aromatic carbocycles. The summed E-state index contributed by atoms with van der Waals surface area (Å²) in [7, 11) is 0. The van der Waals surface area contributed by atoms with Crippen LogP contribution in [0.25, 0.3) is 10.9 Å². The van der Waals surface area contributed by atoms with Gasteiger partial charge in [-0.15, -0.1) is 0 Å². The standard InChI is InChI=1S/C16H9BrFNO/c17-14-9-11(18)6-7-12(14)16(20)13-5-1-3-10-4-2-8-19-15(10)13/h1-9H. The average molecular weight is 330 g/mol. The highest BCUT2D eigenvalue weighted by Gasteiger charge is 2.16. The van der Waals surface area contributed by atoms with Crippen molar-refractivity contribution in [3.63, 3.8) is 0 Å². The fraction of sp³-hybridized carbons (Fsp3) is 0. The molecule has 4 heteroatoms. The molecule has 1 heterocycles. The summed E-state index contributed by atoms with van der Waals surface area (Å²) >= 11 is 3.23. The van der Waals surface area contributed by atoms with E-state index in [1.54, 1.807) is 12.3 Å². The molecule has 0 amide bonds. The first kappa shape index (κ1) is 12.9. The van der Waals surface area contributed by atoms with E-state index < -0.39 is 0 Å². The van der Waals surface area contributed by atoms with Crippen molar-refractivity contribution >= 4 is 32.6 Å². The van der Waals surface area contributed by atoms with E-state index in [1.165, 1.54) is 18.2 Å². The monoisotopic (exact) mass is 329 g/mol. The number of hydrogen-bond donors (Lipinski definition) is 0. The number of rotatable bonds is 2. The van der Waals surface area contributed by atoms with E-state index in [1.807, 2.05) is 24.3 Å². The first-order chi connectivity index (χ1) is 9.66. The third-order valence-corrected chi connectivity index (χ3v) is 3.71. The molecule has 0 aliphatic heterocycles. The second kappa shape index (κ2) is 5.13. The number of nitrogens with zero attached hydrogens (tertiary/aromatic N) is 1. The van der Waals surface area contributed by atoms with Crippen molar-refractivity contribution in [3.05, 3.63) is 76.1 Å². The summed E-state index contributed by atoms with van der Waals surface area (Å²) in [5.74, 6) is -0.564. The van der Waals surface area contributed by atoms with Crippen LogP contribution >= 0.6 is 15.9 Å². The van der Waals surface area contributed by atoms with Crippen molar-refractivity contribution in [2.45, 2.75) is 0 Å². The largest absolute Gasteiger partial charge is 0.288 e. The van der Waals surface area contributed by atoms with E-state index >= 15 is 0 Å². The number of benzene rings is 2. The molecule has 0 spiro atoms. The first-order valence-electron chi connectivity index (χ1n) is 6.00. The minimum absolute atomic E-state index is 0.179. The zero-order chi connectivity index (χ0) is 14.1. The van der Waals surface area contributed by atoms with Crippen molar-refractivity contribution in [3.8, 4) is 0 Å². The Hall–Kier alpha value is -2.07. The summed E-state index contributed by atoms with van der Waals surface area (Å²) < 4.78 is 13.6. The van der Waals surface area contributed by atoms with Crippen molar-refractivity contribution in [2.24, 2.45) is 0 Å². The highest BCUT2D eigenvalue weighted by Crippen LogP contribution is 2.24. The Morgan fingerprint density at radius 2 is 1.85 bits per heavy atom. The van der Waals surface area contributed by atoms with Crippen LogP contribution in [-0.4, -0.2) is 10.8 Å². The summed E-state index contributed by atoms with van der Waals surface area (Å²) in [6, 6.07) is 13.2. The Kier molecular flexibility index (Phi) is 3.32. The maximum atomic E-state index is 13.1. The topological polar surface area (TPSA) is 30.0 Å². The molecule has 2 nitrogen and oxygen atoms in total. The highest BCUT2D eigenvalue weighted by molar-refractivity contribution is 9.10. The average Bonchev–Trinajstić information content (AvgIpc) is 2.46. The number of hydrogen-bond acceptors (Lipinski definition) is 2. The predicted molar refractivity (Wildman–Crippen MR) is 79.3 cm³/mol. The van der Waals surface area contributed by atoms with Crippen LogP contribution in [0, 0.1) is 5.82 Å². The fourth-order valence-electron chi connectivity index (χ4n) is 2.11. The van der Waals surface area contributed by atoms with Gasteiger partial charge in [0.1, 0.15) is 5.82 Å². The zero-order valence-corrected chi connectivity index (χ0v) is 11.9. The molecule has 0 radical (unpaired) electrons. The van der Waals surface area contributed by atoms with Gasteiger partial charge in [0.15, 0.2) is 5.78 Å². The van der Waals surface area contributed by atoms with E-state index in [2.05, 4.69) is 20.9 Å². The van der Waals surface area contributed by atoms with Crippen LogP contribution in [0.2, 0.25) is 0 Å². The molecule has 0 aliphatic carbocycles. The Labute approximate surface area is 123 Å². The lowest BCUT2D eigenvalue weighted by molar-refractivity contribution is 0.103. The summed E-state index contributed by atoms with van der Waals surface area (Å²) in [4.78, 5) is 16.9. The molecule has 0 aliphatic rings. The van der Waals surface area contributed by atoms with Gasteiger partial charge in [-0.2, -0.15) is 0 Å². The molecule has 3 aromatic rings. The normalized spacial score (nSPS) is 10.7. The Morgan fingerprint density at radius 3 is 2.65 bits per heavy atom. The van der Waals surface area contributed by atoms with Crippen LogP contribution in [0.15, 0.2) is 59.2 Å². The van der Waals surface area contributed by atoms with Crippen LogP contribution in [-0.2, 0) is 0 Å². The van der Waals surface area contributed by atoms with Crippen LogP contribution in [0.5, 0.6) is 0 Å². The number of ketones is 1.